The van der Waals surface area contributed by atoms with Crippen LogP contribution in [0.3, 0.4) is 0 Å². The first-order valence-electron chi connectivity index (χ1n) is 6.71. The molecule has 4 nitrogen and oxygen atoms in total. The van der Waals surface area contributed by atoms with Gasteiger partial charge in [0.05, 0.1) is 0 Å². The Hall–Kier alpha value is -1.84. The average molecular weight is 240 g/mol. The van der Waals surface area contributed by atoms with Crippen LogP contribution in [-0.2, 0) is 19.4 Å². The quantitative estimate of drug-likeness (QED) is 0.831. The molecule has 2 aromatic rings. The molecule has 0 saturated heterocycles. The van der Waals surface area contributed by atoms with Gasteiger partial charge < -0.3 is 9.88 Å². The van der Waals surface area contributed by atoms with Crippen molar-refractivity contribution in [3.05, 3.63) is 29.6 Å². The Kier molecular flexibility index (Phi) is 2.15. The van der Waals surface area contributed by atoms with Crippen LogP contribution in [0.4, 0.5) is 5.69 Å². The molecule has 0 spiro atoms. The molecule has 4 heteroatoms. The van der Waals surface area contributed by atoms with Crippen LogP contribution >= 0.6 is 0 Å². The van der Waals surface area contributed by atoms with Crippen LogP contribution in [0.1, 0.15) is 24.2 Å². The highest BCUT2D eigenvalue weighted by atomic mass is 15.3. The average Bonchev–Trinajstić information content (AvgIpc) is 3.00. The molecule has 18 heavy (non-hydrogen) atoms. The minimum atomic E-state index is 1.04. The summed E-state index contributed by atoms with van der Waals surface area (Å²) in [7, 11) is 0. The second-order valence-electron chi connectivity index (χ2n) is 5.10. The van der Waals surface area contributed by atoms with Crippen LogP contribution in [0, 0.1) is 0 Å². The van der Waals surface area contributed by atoms with Gasteiger partial charge in [-0.2, -0.15) is 0 Å². The lowest BCUT2D eigenvalue weighted by atomic mass is 10.0. The number of nitrogens with one attached hydrogen (secondary N) is 1. The van der Waals surface area contributed by atoms with Crippen LogP contribution in [0.15, 0.2) is 18.2 Å². The number of rotatable bonds is 1. The summed E-state index contributed by atoms with van der Waals surface area (Å²) < 4.78 is 2.26. The van der Waals surface area contributed by atoms with Crippen LogP contribution < -0.4 is 5.32 Å². The lowest BCUT2D eigenvalue weighted by molar-refractivity contribution is 0.748. The Bertz CT molecular complexity index is 600. The van der Waals surface area contributed by atoms with Gasteiger partial charge in [0.1, 0.15) is 5.82 Å². The second kappa shape index (κ2) is 3.83. The third kappa shape index (κ3) is 1.45. The minimum Gasteiger partial charge on any atom is -0.385 e. The van der Waals surface area contributed by atoms with Gasteiger partial charge in [0.15, 0.2) is 5.82 Å². The third-order valence-corrected chi connectivity index (χ3v) is 3.91. The van der Waals surface area contributed by atoms with Crippen molar-refractivity contribution in [3.8, 4) is 11.4 Å². The van der Waals surface area contributed by atoms with Crippen molar-refractivity contribution < 1.29 is 0 Å². The Morgan fingerprint density at radius 2 is 2.11 bits per heavy atom. The van der Waals surface area contributed by atoms with Crippen molar-refractivity contribution in [3.63, 3.8) is 0 Å². The largest absolute Gasteiger partial charge is 0.385 e. The summed E-state index contributed by atoms with van der Waals surface area (Å²) in [6.07, 6.45) is 4.65. The summed E-state index contributed by atoms with van der Waals surface area (Å²) in [6, 6.07) is 6.62. The number of hydrogen-bond acceptors (Lipinski definition) is 3. The molecule has 2 aliphatic rings. The molecule has 0 radical (unpaired) electrons. The van der Waals surface area contributed by atoms with E-state index < -0.39 is 0 Å². The van der Waals surface area contributed by atoms with E-state index in [0.29, 0.717) is 0 Å². The molecule has 0 bridgehead atoms. The zero-order valence-corrected chi connectivity index (χ0v) is 10.3. The topological polar surface area (TPSA) is 42.7 Å². The number of hydrogen-bond donors (Lipinski definition) is 1. The van der Waals surface area contributed by atoms with Gasteiger partial charge in [-0.25, -0.2) is 0 Å². The van der Waals surface area contributed by atoms with E-state index in [0.717, 1.165) is 37.6 Å². The lowest BCUT2D eigenvalue weighted by Crippen LogP contribution is -2.11. The molecule has 3 heterocycles. The molecule has 1 aromatic carbocycles. The number of anilines is 1. The number of fused-ring (bicyclic) bond motifs is 2. The van der Waals surface area contributed by atoms with Crippen molar-refractivity contribution in [2.45, 2.75) is 32.2 Å². The molecule has 1 aromatic heterocycles. The van der Waals surface area contributed by atoms with E-state index >= 15 is 0 Å². The van der Waals surface area contributed by atoms with Gasteiger partial charge in [-0.05, 0) is 43.0 Å². The zero-order chi connectivity index (χ0) is 11.9. The molecule has 1 N–H and O–H groups in total. The maximum atomic E-state index is 4.35. The van der Waals surface area contributed by atoms with Gasteiger partial charge in [-0.3, -0.25) is 0 Å². The molecule has 2 aliphatic heterocycles. The van der Waals surface area contributed by atoms with Crippen molar-refractivity contribution in [2.75, 3.05) is 11.9 Å². The highest BCUT2D eigenvalue weighted by Gasteiger charge is 2.19. The normalized spacial score (nSPS) is 17.1. The molecule has 0 atom stereocenters. The van der Waals surface area contributed by atoms with Crippen molar-refractivity contribution in [2.24, 2.45) is 0 Å². The first-order valence-corrected chi connectivity index (χ1v) is 6.71. The SMILES string of the molecule is c1cc2c(cc1-c1nnc3n1CCC3)CCCN2. The predicted octanol–water partition coefficient (Wildman–Crippen LogP) is 2.25. The van der Waals surface area contributed by atoms with Gasteiger partial charge >= 0.3 is 0 Å². The minimum absolute atomic E-state index is 1.04. The van der Waals surface area contributed by atoms with Crippen LogP contribution in [0.2, 0.25) is 0 Å². The van der Waals surface area contributed by atoms with Crippen molar-refractivity contribution >= 4 is 5.69 Å². The maximum absolute atomic E-state index is 4.35. The van der Waals surface area contributed by atoms with E-state index in [1.807, 2.05) is 0 Å². The van der Waals surface area contributed by atoms with E-state index in [-0.39, 0.29) is 0 Å². The van der Waals surface area contributed by atoms with Gasteiger partial charge in [0.2, 0.25) is 0 Å². The summed E-state index contributed by atoms with van der Waals surface area (Å²) in [6.45, 7) is 2.15. The second-order valence-corrected chi connectivity index (χ2v) is 5.10. The number of aromatic nitrogens is 3. The van der Waals surface area contributed by atoms with Gasteiger partial charge in [0, 0.05) is 30.8 Å². The molecular formula is C14H16N4. The molecule has 0 unspecified atom stereocenters. The van der Waals surface area contributed by atoms with E-state index in [9.17, 15) is 0 Å². The fourth-order valence-electron chi connectivity index (χ4n) is 2.98. The summed E-state index contributed by atoms with van der Waals surface area (Å²) in [4.78, 5) is 0. The fourth-order valence-corrected chi connectivity index (χ4v) is 2.98. The summed E-state index contributed by atoms with van der Waals surface area (Å²) in [5.41, 5.74) is 3.90. The van der Waals surface area contributed by atoms with Gasteiger partial charge in [-0.1, -0.05) is 0 Å². The van der Waals surface area contributed by atoms with E-state index in [2.05, 4.69) is 38.3 Å². The van der Waals surface area contributed by atoms with Crippen LogP contribution in [0.5, 0.6) is 0 Å². The number of aryl methyl sites for hydroxylation is 2. The molecule has 0 saturated carbocycles. The Balaban J connectivity index is 1.80. The Morgan fingerprint density at radius 3 is 3.11 bits per heavy atom. The zero-order valence-electron chi connectivity index (χ0n) is 10.3. The van der Waals surface area contributed by atoms with Crippen molar-refractivity contribution in [1.82, 2.24) is 14.8 Å². The van der Waals surface area contributed by atoms with Gasteiger partial charge in [-0.15, -0.1) is 10.2 Å². The molecule has 0 fully saturated rings. The Labute approximate surface area is 106 Å². The maximum Gasteiger partial charge on any atom is 0.163 e. The van der Waals surface area contributed by atoms with Gasteiger partial charge in [0.25, 0.3) is 0 Å². The molecule has 4 rings (SSSR count). The fraction of sp³-hybridized carbons (Fsp3) is 0.429. The van der Waals surface area contributed by atoms with E-state index in [1.54, 1.807) is 0 Å². The standard InChI is InChI=1S/C14H16N4/c1-3-10-9-11(5-6-12(10)15-7-1)14-17-16-13-4-2-8-18(13)14/h5-6,9,15H,1-4,7-8H2. The molecule has 0 amide bonds. The third-order valence-electron chi connectivity index (χ3n) is 3.91. The summed E-state index contributed by atoms with van der Waals surface area (Å²) in [5, 5.41) is 12.1. The Morgan fingerprint density at radius 1 is 1.11 bits per heavy atom. The monoisotopic (exact) mass is 240 g/mol. The highest BCUT2D eigenvalue weighted by Crippen LogP contribution is 2.29. The predicted molar refractivity (Wildman–Crippen MR) is 70.6 cm³/mol. The smallest absolute Gasteiger partial charge is 0.163 e. The lowest BCUT2D eigenvalue weighted by Gasteiger charge is -2.18. The molecular weight excluding hydrogens is 224 g/mol. The molecule has 92 valence electrons. The summed E-state index contributed by atoms with van der Waals surface area (Å²) in [5.74, 6) is 2.18. The van der Waals surface area contributed by atoms with Crippen LogP contribution in [-0.4, -0.2) is 21.3 Å². The first kappa shape index (κ1) is 10.1. The molecule has 0 aliphatic carbocycles. The van der Waals surface area contributed by atoms with E-state index in [4.69, 9.17) is 0 Å². The number of nitrogens with zero attached hydrogens (tertiary/aromatic N) is 3. The highest BCUT2D eigenvalue weighted by molar-refractivity contribution is 5.65. The van der Waals surface area contributed by atoms with Crippen molar-refractivity contribution in [1.29, 1.82) is 0 Å². The first-order chi connectivity index (χ1) is 8.92. The van der Waals surface area contributed by atoms with Crippen LogP contribution in [0.25, 0.3) is 11.4 Å². The van der Waals surface area contributed by atoms with E-state index in [1.165, 1.54) is 29.7 Å². The number of benzene rings is 1. The summed E-state index contributed by atoms with van der Waals surface area (Å²) >= 11 is 0.